The minimum Gasteiger partial charge on any atom is -0.494 e. The highest BCUT2D eigenvalue weighted by Crippen LogP contribution is 2.26. The summed E-state index contributed by atoms with van der Waals surface area (Å²) in [6, 6.07) is 5.93. The van der Waals surface area contributed by atoms with Gasteiger partial charge in [-0.25, -0.2) is 9.59 Å². The molecule has 256 valence electrons. The first-order valence-corrected chi connectivity index (χ1v) is 17.7. The second kappa shape index (κ2) is 24.6. The van der Waals surface area contributed by atoms with Crippen LogP contribution in [0.25, 0.3) is 0 Å². The van der Waals surface area contributed by atoms with E-state index in [-0.39, 0.29) is 6.42 Å². The first-order chi connectivity index (χ1) is 21.7. The van der Waals surface area contributed by atoms with Crippen LogP contribution in [0.4, 0.5) is 4.39 Å². The molecule has 8 nitrogen and oxygen atoms in total. The molecule has 3 N–H and O–H groups in total. The van der Waals surface area contributed by atoms with Crippen LogP contribution in [0.3, 0.4) is 0 Å². The van der Waals surface area contributed by atoms with E-state index in [1.807, 2.05) is 11.8 Å². The van der Waals surface area contributed by atoms with Gasteiger partial charge in [-0.1, -0.05) is 83.1 Å². The molecule has 0 aromatic heterocycles. The molecule has 0 saturated heterocycles. The second-order valence-corrected chi connectivity index (χ2v) is 12.7. The Morgan fingerprint density at radius 3 is 2.16 bits per heavy atom. The van der Waals surface area contributed by atoms with E-state index in [2.05, 4.69) is 19.2 Å². The second-order valence-electron chi connectivity index (χ2n) is 11.4. The van der Waals surface area contributed by atoms with E-state index in [1.165, 1.54) is 51.0 Å². The predicted molar refractivity (Wildman–Crippen MR) is 179 cm³/mol. The number of aliphatic carboxylic acids is 1. The molecular weight excluding hydrogens is 597 g/mol. The zero-order chi connectivity index (χ0) is 33.3. The number of hydrogen-bond acceptors (Lipinski definition) is 7. The lowest BCUT2D eigenvalue weighted by Gasteiger charge is -2.30. The van der Waals surface area contributed by atoms with Crippen LogP contribution >= 0.6 is 11.8 Å². The molecule has 0 aliphatic heterocycles. The van der Waals surface area contributed by atoms with Crippen molar-refractivity contribution in [1.82, 2.24) is 5.32 Å². The molecule has 1 aromatic rings. The zero-order valence-electron chi connectivity index (χ0n) is 27.6. The number of allylic oxidation sites excluding steroid dienone is 1. The van der Waals surface area contributed by atoms with Crippen LogP contribution in [0, 0.1) is 5.92 Å². The van der Waals surface area contributed by atoms with Crippen LogP contribution in [0.1, 0.15) is 103 Å². The zero-order valence-corrected chi connectivity index (χ0v) is 28.4. The minimum atomic E-state index is -2.68. The number of rotatable bonds is 27. The van der Waals surface area contributed by atoms with E-state index in [4.69, 9.17) is 9.47 Å². The molecular formula is C35H56FNO7S. The summed E-state index contributed by atoms with van der Waals surface area (Å²) in [4.78, 5) is 38.1. The maximum Gasteiger partial charge on any atom is 0.336 e. The van der Waals surface area contributed by atoms with Crippen LogP contribution in [0.15, 0.2) is 36.4 Å². The number of esters is 1. The Morgan fingerprint density at radius 1 is 0.956 bits per heavy atom. The summed E-state index contributed by atoms with van der Waals surface area (Å²) < 4.78 is 23.9. The Kier molecular flexibility index (Phi) is 22.1. The number of amides is 1. The number of thioether (sulfide) groups is 1. The third-order valence-corrected chi connectivity index (χ3v) is 8.86. The number of ether oxygens (including phenoxy) is 2. The van der Waals surface area contributed by atoms with Crippen molar-refractivity contribution in [2.75, 3.05) is 31.9 Å². The molecule has 1 aromatic carbocycles. The minimum absolute atomic E-state index is 0.0653. The van der Waals surface area contributed by atoms with Gasteiger partial charge in [0.25, 0.3) is 0 Å². The molecule has 0 radical (unpaired) electrons. The van der Waals surface area contributed by atoms with E-state index >= 15 is 0 Å². The monoisotopic (exact) mass is 653 g/mol. The lowest BCUT2D eigenvalue weighted by atomic mass is 9.83. The summed E-state index contributed by atoms with van der Waals surface area (Å²) in [5, 5.41) is 23.3. The van der Waals surface area contributed by atoms with Gasteiger partial charge in [-0.2, -0.15) is 11.8 Å². The Bertz CT molecular complexity index is 991. The quantitative estimate of drug-likeness (QED) is 0.0524. The fourth-order valence-electron chi connectivity index (χ4n) is 4.85. The molecule has 1 amide bonds. The lowest BCUT2D eigenvalue weighted by molar-refractivity contribution is -0.168. The summed E-state index contributed by atoms with van der Waals surface area (Å²) in [7, 11) is 1.19. The summed E-state index contributed by atoms with van der Waals surface area (Å²) in [6.07, 6.45) is 15.3. The molecule has 10 heteroatoms. The SMILES string of the molecule is CCCCCCCSCCCCCC/C=C/[C@H](C(=O)N[C@@H](Cc1ccc(OCCCC)cc1)C(=O)OC)[C@@](O)(CCF)C(=O)O. The maximum atomic E-state index is 13.4. The van der Waals surface area contributed by atoms with Gasteiger partial charge < -0.3 is 25.0 Å². The number of hydrogen-bond donors (Lipinski definition) is 3. The van der Waals surface area contributed by atoms with Crippen molar-refractivity contribution in [3.8, 4) is 5.75 Å². The van der Waals surface area contributed by atoms with Gasteiger partial charge in [0.05, 0.1) is 26.3 Å². The molecule has 0 aliphatic rings. The van der Waals surface area contributed by atoms with Crippen molar-refractivity contribution >= 4 is 29.6 Å². The normalized spacial score (nSPS) is 14.1. The van der Waals surface area contributed by atoms with Crippen molar-refractivity contribution in [1.29, 1.82) is 0 Å². The Morgan fingerprint density at radius 2 is 1.58 bits per heavy atom. The molecule has 0 bridgehead atoms. The number of benzene rings is 1. The first-order valence-electron chi connectivity index (χ1n) is 16.6. The molecule has 0 fully saturated rings. The van der Waals surface area contributed by atoms with Gasteiger partial charge in [-0.05, 0) is 61.3 Å². The number of carbonyl (C=O) groups is 3. The summed E-state index contributed by atoms with van der Waals surface area (Å²) in [5.74, 6) is -1.92. The molecule has 1 rings (SSSR count). The Labute approximate surface area is 273 Å². The van der Waals surface area contributed by atoms with E-state index in [1.54, 1.807) is 30.3 Å². The molecule has 0 spiro atoms. The van der Waals surface area contributed by atoms with Gasteiger partial charge in [0.1, 0.15) is 11.8 Å². The average molecular weight is 654 g/mol. The van der Waals surface area contributed by atoms with Gasteiger partial charge in [0, 0.05) is 12.8 Å². The van der Waals surface area contributed by atoms with Crippen molar-refractivity contribution in [3.63, 3.8) is 0 Å². The van der Waals surface area contributed by atoms with E-state index in [0.717, 1.165) is 44.3 Å². The third-order valence-electron chi connectivity index (χ3n) is 7.71. The topological polar surface area (TPSA) is 122 Å². The van der Waals surface area contributed by atoms with E-state index in [0.29, 0.717) is 24.3 Å². The number of methoxy groups -OCH3 is 1. The number of alkyl halides is 1. The fraction of sp³-hybridized carbons (Fsp3) is 0.686. The van der Waals surface area contributed by atoms with Crippen LogP contribution in [0.5, 0.6) is 5.75 Å². The van der Waals surface area contributed by atoms with Crippen LogP contribution in [-0.4, -0.2) is 71.6 Å². The summed E-state index contributed by atoms with van der Waals surface area (Å²) >= 11 is 2.00. The number of nitrogens with one attached hydrogen (secondary N) is 1. The lowest BCUT2D eigenvalue weighted by Crippen LogP contribution is -2.55. The molecule has 0 aliphatic carbocycles. The summed E-state index contributed by atoms with van der Waals surface area (Å²) in [5.41, 5.74) is -1.97. The molecule has 0 saturated carbocycles. The molecule has 0 heterocycles. The number of unbranched alkanes of at least 4 members (excludes halogenated alkanes) is 9. The van der Waals surface area contributed by atoms with Gasteiger partial charge >= 0.3 is 11.9 Å². The molecule has 45 heavy (non-hydrogen) atoms. The highest BCUT2D eigenvalue weighted by molar-refractivity contribution is 7.99. The van der Waals surface area contributed by atoms with Crippen LogP contribution < -0.4 is 10.1 Å². The van der Waals surface area contributed by atoms with Crippen molar-refractivity contribution < 1.29 is 38.5 Å². The van der Waals surface area contributed by atoms with E-state index < -0.39 is 48.5 Å². The Balaban J connectivity index is 2.78. The number of aliphatic hydroxyl groups is 1. The van der Waals surface area contributed by atoms with Gasteiger partial charge in [0.2, 0.25) is 5.91 Å². The fourth-order valence-corrected chi connectivity index (χ4v) is 5.87. The van der Waals surface area contributed by atoms with Gasteiger partial charge in [-0.15, -0.1) is 0 Å². The number of carbonyl (C=O) groups excluding carboxylic acids is 2. The van der Waals surface area contributed by atoms with Crippen molar-refractivity contribution in [2.45, 2.75) is 115 Å². The van der Waals surface area contributed by atoms with Crippen molar-refractivity contribution in [2.24, 2.45) is 5.92 Å². The smallest absolute Gasteiger partial charge is 0.336 e. The predicted octanol–water partition coefficient (Wildman–Crippen LogP) is 7.07. The van der Waals surface area contributed by atoms with Crippen LogP contribution in [0.2, 0.25) is 0 Å². The highest BCUT2D eigenvalue weighted by Gasteiger charge is 2.47. The van der Waals surface area contributed by atoms with Crippen LogP contribution in [-0.2, 0) is 25.5 Å². The number of halogens is 1. The first kappa shape index (κ1) is 40.4. The highest BCUT2D eigenvalue weighted by atomic mass is 32.2. The number of carboxylic acid groups (broad SMARTS) is 1. The molecule has 0 unspecified atom stereocenters. The van der Waals surface area contributed by atoms with Crippen molar-refractivity contribution in [3.05, 3.63) is 42.0 Å². The average Bonchev–Trinajstić information content (AvgIpc) is 3.03. The molecule has 3 atom stereocenters. The van der Waals surface area contributed by atoms with E-state index in [9.17, 15) is 29.0 Å². The van der Waals surface area contributed by atoms with Gasteiger partial charge in [-0.3, -0.25) is 9.18 Å². The van der Waals surface area contributed by atoms with Gasteiger partial charge in [0.15, 0.2) is 5.60 Å². The Hall–Kier alpha value is -2.59. The standard InChI is InChI=1S/C35H56FNO7S/c1-4-6-8-12-15-25-45-26-16-13-10-9-11-14-17-30(35(42,22-23-36)34(40)41)32(38)37-31(33(39)43-3)27-28-18-20-29(21-19-28)44-24-7-5-2/h14,17-21,30-31,42H,4-13,15-16,22-27H2,1-3H3,(H,37,38)(H,40,41)/b17-14+/t30-,31+,35+/m1/s1. The third kappa shape index (κ3) is 16.5. The summed E-state index contributed by atoms with van der Waals surface area (Å²) in [6.45, 7) is 3.75. The maximum absolute atomic E-state index is 13.4. The number of carboxylic acids is 1. The largest absolute Gasteiger partial charge is 0.494 e.